The second-order valence-corrected chi connectivity index (χ2v) is 4.41. The number of anilines is 3. The van der Waals surface area contributed by atoms with E-state index in [1.54, 1.807) is 30.3 Å². The van der Waals surface area contributed by atoms with Crippen molar-refractivity contribution in [2.45, 2.75) is 6.54 Å². The number of nitrogen functional groups attached to an aromatic ring is 2. The number of phenolic OH excluding ortho intramolecular Hbond substituents is 1. The van der Waals surface area contributed by atoms with Crippen LogP contribution in [0.1, 0.15) is 5.56 Å². The van der Waals surface area contributed by atoms with Gasteiger partial charge in [-0.05, 0) is 42.0 Å². The Morgan fingerprint density at radius 3 is 2.67 bits per heavy atom. The summed E-state index contributed by atoms with van der Waals surface area (Å²) in [6.45, 7) is 0.463. The van der Waals surface area contributed by atoms with Crippen molar-refractivity contribution in [3.63, 3.8) is 0 Å². The van der Waals surface area contributed by atoms with E-state index in [1.165, 1.54) is 6.07 Å². The molecule has 2 aromatic carbocycles. The number of phenols is 1. The van der Waals surface area contributed by atoms with Crippen molar-refractivity contribution >= 4 is 28.7 Å². The van der Waals surface area contributed by atoms with Crippen LogP contribution in [-0.2, 0) is 6.54 Å². The van der Waals surface area contributed by atoms with Gasteiger partial charge in [0.05, 0.1) is 5.69 Å². The highest BCUT2D eigenvalue weighted by atomic mass is 35.5. The number of hydrogen-bond acceptors (Lipinski definition) is 4. The largest absolute Gasteiger partial charge is 0.506 e. The van der Waals surface area contributed by atoms with E-state index in [0.717, 1.165) is 5.56 Å². The van der Waals surface area contributed by atoms with E-state index in [2.05, 4.69) is 5.32 Å². The lowest BCUT2D eigenvalue weighted by molar-refractivity contribution is 0.477. The fourth-order valence-electron chi connectivity index (χ4n) is 1.62. The quantitative estimate of drug-likeness (QED) is 0.507. The van der Waals surface area contributed by atoms with E-state index in [0.29, 0.717) is 28.6 Å². The fraction of sp³-hybridized carbons (Fsp3) is 0.0769. The Labute approximate surface area is 110 Å². The predicted molar refractivity (Wildman–Crippen MR) is 75.7 cm³/mol. The fourth-order valence-corrected chi connectivity index (χ4v) is 1.79. The maximum atomic E-state index is 9.66. The predicted octanol–water partition coefficient (Wildman–Crippen LogP) is 2.82. The smallest absolute Gasteiger partial charge is 0.138 e. The summed E-state index contributed by atoms with van der Waals surface area (Å²) in [7, 11) is 0. The minimum Gasteiger partial charge on any atom is -0.506 e. The topological polar surface area (TPSA) is 84.3 Å². The Morgan fingerprint density at radius 1 is 1.11 bits per heavy atom. The average molecular weight is 264 g/mol. The van der Waals surface area contributed by atoms with E-state index in [4.69, 9.17) is 23.1 Å². The molecule has 0 unspecified atom stereocenters. The summed E-state index contributed by atoms with van der Waals surface area (Å²) >= 11 is 5.86. The molecule has 0 spiro atoms. The van der Waals surface area contributed by atoms with E-state index in [9.17, 15) is 5.11 Å². The number of benzene rings is 2. The number of rotatable bonds is 3. The molecule has 0 aliphatic carbocycles. The molecule has 2 aromatic rings. The van der Waals surface area contributed by atoms with Crippen molar-refractivity contribution in [3.05, 3.63) is 47.0 Å². The van der Waals surface area contributed by atoms with Gasteiger partial charge in [0.2, 0.25) is 0 Å². The summed E-state index contributed by atoms with van der Waals surface area (Å²) < 4.78 is 0. The van der Waals surface area contributed by atoms with Gasteiger partial charge in [0.15, 0.2) is 0 Å². The van der Waals surface area contributed by atoms with Crippen LogP contribution in [0.5, 0.6) is 5.75 Å². The van der Waals surface area contributed by atoms with Gasteiger partial charge in [-0.25, -0.2) is 0 Å². The summed E-state index contributed by atoms with van der Waals surface area (Å²) in [4.78, 5) is 0. The summed E-state index contributed by atoms with van der Waals surface area (Å²) in [6.07, 6.45) is 0. The molecule has 0 fully saturated rings. The molecule has 18 heavy (non-hydrogen) atoms. The normalized spacial score (nSPS) is 10.3. The Kier molecular flexibility index (Phi) is 3.48. The third kappa shape index (κ3) is 2.78. The van der Waals surface area contributed by atoms with Gasteiger partial charge in [-0.1, -0.05) is 11.6 Å². The lowest BCUT2D eigenvalue weighted by atomic mass is 10.1. The Morgan fingerprint density at radius 2 is 1.89 bits per heavy atom. The Hall–Kier alpha value is -2.07. The van der Waals surface area contributed by atoms with Gasteiger partial charge in [-0.3, -0.25) is 0 Å². The maximum absolute atomic E-state index is 9.66. The molecule has 0 saturated heterocycles. The Balaban J connectivity index is 2.16. The van der Waals surface area contributed by atoms with Gasteiger partial charge in [0.25, 0.3) is 0 Å². The lowest BCUT2D eigenvalue weighted by Gasteiger charge is -2.11. The van der Waals surface area contributed by atoms with Gasteiger partial charge in [0.1, 0.15) is 5.75 Å². The van der Waals surface area contributed by atoms with Crippen LogP contribution >= 0.6 is 11.6 Å². The molecule has 0 heterocycles. The molecule has 0 aliphatic heterocycles. The van der Waals surface area contributed by atoms with Crippen LogP contribution in [0.15, 0.2) is 36.4 Å². The van der Waals surface area contributed by atoms with E-state index >= 15 is 0 Å². The van der Waals surface area contributed by atoms with Gasteiger partial charge in [0, 0.05) is 22.9 Å². The van der Waals surface area contributed by atoms with E-state index < -0.39 is 0 Å². The Bertz CT molecular complexity index is 521. The first-order valence-corrected chi connectivity index (χ1v) is 5.80. The van der Waals surface area contributed by atoms with Gasteiger partial charge in [-0.2, -0.15) is 0 Å². The summed E-state index contributed by atoms with van der Waals surface area (Å²) in [5, 5.41) is 13.3. The number of aromatic hydroxyl groups is 1. The molecule has 94 valence electrons. The standard InChI is InChI=1S/C13H14ClN3O/c14-9-1-4-13(18)12(6-9)17-7-8-5-10(15)2-3-11(8)16/h1-6,17-18H,7,15-16H2. The van der Waals surface area contributed by atoms with Crippen molar-refractivity contribution in [1.82, 2.24) is 0 Å². The van der Waals surface area contributed by atoms with Crippen LogP contribution in [0, 0.1) is 0 Å². The van der Waals surface area contributed by atoms with Crippen molar-refractivity contribution in [2.24, 2.45) is 0 Å². The molecule has 0 saturated carbocycles. The van der Waals surface area contributed by atoms with Crippen LogP contribution in [0.25, 0.3) is 0 Å². The molecule has 0 aromatic heterocycles. The second kappa shape index (κ2) is 5.06. The third-order valence-electron chi connectivity index (χ3n) is 2.59. The van der Waals surface area contributed by atoms with Gasteiger partial charge in [-0.15, -0.1) is 0 Å². The average Bonchev–Trinajstić information content (AvgIpc) is 2.34. The lowest BCUT2D eigenvalue weighted by Crippen LogP contribution is -2.04. The summed E-state index contributed by atoms with van der Waals surface area (Å²) in [5.41, 5.74) is 14.3. The highest BCUT2D eigenvalue weighted by Gasteiger charge is 2.04. The SMILES string of the molecule is Nc1ccc(N)c(CNc2cc(Cl)ccc2O)c1. The first-order chi connectivity index (χ1) is 8.56. The van der Waals surface area contributed by atoms with Crippen LogP contribution < -0.4 is 16.8 Å². The third-order valence-corrected chi connectivity index (χ3v) is 2.83. The summed E-state index contributed by atoms with van der Waals surface area (Å²) in [6, 6.07) is 10.1. The number of hydrogen-bond donors (Lipinski definition) is 4. The zero-order valence-electron chi connectivity index (χ0n) is 9.65. The van der Waals surface area contributed by atoms with Crippen molar-refractivity contribution < 1.29 is 5.11 Å². The molecule has 5 heteroatoms. The van der Waals surface area contributed by atoms with Crippen molar-refractivity contribution in [1.29, 1.82) is 0 Å². The second-order valence-electron chi connectivity index (χ2n) is 3.97. The molecule has 0 atom stereocenters. The number of halogens is 1. The number of nitrogens with two attached hydrogens (primary N) is 2. The van der Waals surface area contributed by atoms with Gasteiger partial charge < -0.3 is 21.9 Å². The highest BCUT2D eigenvalue weighted by molar-refractivity contribution is 6.30. The molecular formula is C13H14ClN3O. The van der Waals surface area contributed by atoms with E-state index in [-0.39, 0.29) is 5.75 Å². The molecular weight excluding hydrogens is 250 g/mol. The molecule has 0 bridgehead atoms. The van der Waals surface area contributed by atoms with Crippen molar-refractivity contribution in [3.8, 4) is 5.75 Å². The molecule has 6 N–H and O–H groups in total. The zero-order chi connectivity index (χ0) is 13.1. The van der Waals surface area contributed by atoms with Crippen LogP contribution in [0.2, 0.25) is 5.02 Å². The molecule has 2 rings (SSSR count). The van der Waals surface area contributed by atoms with Gasteiger partial charge >= 0.3 is 0 Å². The zero-order valence-corrected chi connectivity index (χ0v) is 10.4. The minimum absolute atomic E-state index is 0.141. The molecule has 4 nitrogen and oxygen atoms in total. The summed E-state index contributed by atoms with van der Waals surface area (Å²) in [5.74, 6) is 0.141. The molecule has 0 amide bonds. The highest BCUT2D eigenvalue weighted by Crippen LogP contribution is 2.27. The molecule has 0 aliphatic rings. The maximum Gasteiger partial charge on any atom is 0.138 e. The first kappa shape index (κ1) is 12.4. The van der Waals surface area contributed by atoms with Crippen LogP contribution in [0.3, 0.4) is 0 Å². The van der Waals surface area contributed by atoms with E-state index in [1.807, 2.05) is 0 Å². The van der Waals surface area contributed by atoms with Crippen molar-refractivity contribution in [2.75, 3.05) is 16.8 Å². The monoisotopic (exact) mass is 263 g/mol. The number of nitrogens with one attached hydrogen (secondary N) is 1. The van der Waals surface area contributed by atoms with Crippen LogP contribution in [-0.4, -0.2) is 5.11 Å². The first-order valence-electron chi connectivity index (χ1n) is 5.42. The molecule has 0 radical (unpaired) electrons. The van der Waals surface area contributed by atoms with Crippen LogP contribution in [0.4, 0.5) is 17.1 Å². The minimum atomic E-state index is 0.141.